The predicted octanol–water partition coefficient (Wildman–Crippen LogP) is 0.905. The number of carboxylic acid groups (broad SMARTS) is 1. The Bertz CT molecular complexity index is 668. The summed E-state index contributed by atoms with van der Waals surface area (Å²) in [4.78, 5) is 28.5. The van der Waals surface area contributed by atoms with Crippen molar-refractivity contribution in [2.75, 3.05) is 6.54 Å². The van der Waals surface area contributed by atoms with Crippen LogP contribution in [0.1, 0.15) is 12.2 Å². The molecule has 21 heavy (non-hydrogen) atoms. The lowest BCUT2D eigenvalue weighted by atomic mass is 10.1. The molecule has 0 radical (unpaired) electrons. The first-order valence-corrected chi connectivity index (χ1v) is 6.61. The van der Waals surface area contributed by atoms with Gasteiger partial charge in [0.15, 0.2) is 5.82 Å². The van der Waals surface area contributed by atoms with E-state index in [0.717, 1.165) is 5.56 Å². The zero-order valence-electron chi connectivity index (χ0n) is 11.2. The molecule has 0 saturated carbocycles. The molecule has 108 valence electrons. The van der Waals surface area contributed by atoms with E-state index in [-0.39, 0.29) is 25.4 Å². The van der Waals surface area contributed by atoms with E-state index >= 15 is 0 Å². The zero-order chi connectivity index (χ0) is 14.8. The van der Waals surface area contributed by atoms with Crippen molar-refractivity contribution < 1.29 is 14.7 Å². The van der Waals surface area contributed by atoms with E-state index in [1.165, 1.54) is 4.90 Å². The van der Waals surface area contributed by atoms with Gasteiger partial charge in [-0.15, -0.1) is 0 Å². The second-order valence-electron chi connectivity index (χ2n) is 4.99. The lowest BCUT2D eigenvalue weighted by Crippen LogP contribution is -2.26. The summed E-state index contributed by atoms with van der Waals surface area (Å²) in [5.41, 5.74) is 0.885. The molecule has 1 atom stereocenters. The van der Waals surface area contributed by atoms with Crippen LogP contribution in [0.3, 0.4) is 0 Å². The van der Waals surface area contributed by atoms with Crippen molar-refractivity contribution in [1.29, 1.82) is 0 Å². The van der Waals surface area contributed by atoms with Gasteiger partial charge in [0.1, 0.15) is 5.82 Å². The fourth-order valence-electron chi connectivity index (χ4n) is 2.35. The fourth-order valence-corrected chi connectivity index (χ4v) is 2.35. The maximum Gasteiger partial charge on any atom is 0.308 e. The Balaban J connectivity index is 1.71. The van der Waals surface area contributed by atoms with Gasteiger partial charge in [-0.3, -0.25) is 14.7 Å². The Hall–Kier alpha value is -2.70. The van der Waals surface area contributed by atoms with Crippen molar-refractivity contribution in [1.82, 2.24) is 20.1 Å². The number of carbonyl (C=O) groups excluding carboxylic acids is 1. The fraction of sp³-hybridized carbons (Fsp3) is 0.286. The number of hydrogen-bond acceptors (Lipinski definition) is 4. The van der Waals surface area contributed by atoms with Crippen molar-refractivity contribution >= 4 is 11.9 Å². The van der Waals surface area contributed by atoms with Crippen LogP contribution in [0.25, 0.3) is 11.4 Å². The number of carboxylic acids is 1. The average molecular weight is 286 g/mol. The molecule has 3 rings (SSSR count). The Morgan fingerprint density at radius 2 is 2.14 bits per heavy atom. The molecule has 2 N–H and O–H groups in total. The number of amides is 1. The molecule has 7 heteroatoms. The van der Waals surface area contributed by atoms with Crippen LogP contribution < -0.4 is 0 Å². The molecule has 0 bridgehead atoms. The van der Waals surface area contributed by atoms with Crippen LogP contribution in [0.5, 0.6) is 0 Å². The van der Waals surface area contributed by atoms with Crippen LogP contribution in [0.4, 0.5) is 0 Å². The summed E-state index contributed by atoms with van der Waals surface area (Å²) in [6.45, 7) is 0.470. The summed E-state index contributed by atoms with van der Waals surface area (Å²) < 4.78 is 0. The first kappa shape index (κ1) is 13.3. The average Bonchev–Trinajstić information content (AvgIpc) is 3.08. The van der Waals surface area contributed by atoms with Gasteiger partial charge in [-0.25, -0.2) is 4.98 Å². The molecule has 7 nitrogen and oxygen atoms in total. The predicted molar refractivity (Wildman–Crippen MR) is 73.0 cm³/mol. The largest absolute Gasteiger partial charge is 0.481 e. The third-order valence-corrected chi connectivity index (χ3v) is 3.47. The molecule has 1 saturated heterocycles. The van der Waals surface area contributed by atoms with Gasteiger partial charge in [-0.05, 0) is 0 Å². The molecule has 2 heterocycles. The highest BCUT2D eigenvalue weighted by Gasteiger charge is 2.34. The minimum absolute atomic E-state index is 0.0506. The van der Waals surface area contributed by atoms with Crippen LogP contribution in [-0.2, 0) is 16.1 Å². The first-order valence-electron chi connectivity index (χ1n) is 6.61. The summed E-state index contributed by atoms with van der Waals surface area (Å²) in [6.07, 6.45) is 0.0506. The Kier molecular flexibility index (Phi) is 3.39. The highest BCUT2D eigenvalue weighted by Crippen LogP contribution is 2.20. The molecule has 1 aromatic heterocycles. The van der Waals surface area contributed by atoms with E-state index in [1.54, 1.807) is 0 Å². The van der Waals surface area contributed by atoms with E-state index in [0.29, 0.717) is 11.6 Å². The number of benzene rings is 1. The van der Waals surface area contributed by atoms with Crippen molar-refractivity contribution in [2.45, 2.75) is 13.0 Å². The normalized spacial score (nSPS) is 18.2. The van der Waals surface area contributed by atoms with E-state index in [4.69, 9.17) is 5.11 Å². The number of rotatable bonds is 4. The Labute approximate surface area is 120 Å². The van der Waals surface area contributed by atoms with Gasteiger partial charge in [0.05, 0.1) is 12.5 Å². The first-order chi connectivity index (χ1) is 10.1. The van der Waals surface area contributed by atoms with Crippen LogP contribution in [0.2, 0.25) is 0 Å². The molecular weight excluding hydrogens is 272 g/mol. The Morgan fingerprint density at radius 3 is 2.81 bits per heavy atom. The van der Waals surface area contributed by atoms with E-state index in [1.807, 2.05) is 30.3 Å². The maximum absolute atomic E-state index is 11.8. The number of H-pyrrole nitrogens is 1. The molecule has 2 aromatic rings. The second-order valence-corrected chi connectivity index (χ2v) is 4.99. The summed E-state index contributed by atoms with van der Waals surface area (Å²) in [5, 5.41) is 15.9. The summed E-state index contributed by atoms with van der Waals surface area (Å²) in [6, 6.07) is 9.49. The maximum atomic E-state index is 11.8. The van der Waals surface area contributed by atoms with Crippen molar-refractivity contribution in [3.05, 3.63) is 36.2 Å². The van der Waals surface area contributed by atoms with Gasteiger partial charge < -0.3 is 10.0 Å². The number of carbonyl (C=O) groups is 2. The van der Waals surface area contributed by atoms with Gasteiger partial charge in [0.25, 0.3) is 0 Å². The van der Waals surface area contributed by atoms with E-state index in [9.17, 15) is 9.59 Å². The quantitative estimate of drug-likeness (QED) is 0.870. The number of aromatic nitrogens is 3. The number of likely N-dealkylation sites (tertiary alicyclic amines) is 1. The summed E-state index contributed by atoms with van der Waals surface area (Å²) >= 11 is 0. The van der Waals surface area contributed by atoms with Crippen LogP contribution in [0, 0.1) is 5.92 Å². The molecule has 1 unspecified atom stereocenters. The van der Waals surface area contributed by atoms with Gasteiger partial charge in [-0.2, -0.15) is 5.10 Å². The smallest absolute Gasteiger partial charge is 0.308 e. The van der Waals surface area contributed by atoms with Crippen molar-refractivity contribution in [3.8, 4) is 11.4 Å². The summed E-state index contributed by atoms with van der Waals surface area (Å²) in [7, 11) is 0. The molecule has 1 amide bonds. The van der Waals surface area contributed by atoms with Crippen LogP contribution in [-0.4, -0.2) is 43.6 Å². The van der Waals surface area contributed by atoms with Crippen molar-refractivity contribution in [2.24, 2.45) is 5.92 Å². The minimum atomic E-state index is -0.937. The molecule has 0 aliphatic carbocycles. The van der Waals surface area contributed by atoms with Gasteiger partial charge in [0.2, 0.25) is 5.91 Å². The zero-order valence-corrected chi connectivity index (χ0v) is 11.2. The van der Waals surface area contributed by atoms with Crippen molar-refractivity contribution in [3.63, 3.8) is 0 Å². The highest BCUT2D eigenvalue weighted by atomic mass is 16.4. The molecular formula is C14H14N4O3. The van der Waals surface area contributed by atoms with Gasteiger partial charge in [-0.1, -0.05) is 30.3 Å². The number of nitrogens with zero attached hydrogens (tertiary/aromatic N) is 3. The molecule has 1 aliphatic rings. The molecule has 1 aliphatic heterocycles. The molecule has 1 aromatic carbocycles. The number of aromatic amines is 1. The number of hydrogen-bond donors (Lipinski definition) is 2. The molecule has 0 spiro atoms. The number of aliphatic carboxylic acids is 1. The topological polar surface area (TPSA) is 99.2 Å². The Morgan fingerprint density at radius 1 is 1.38 bits per heavy atom. The minimum Gasteiger partial charge on any atom is -0.481 e. The standard InChI is InChI=1S/C14H14N4O3/c19-12-6-10(14(20)21)7-18(12)8-11-15-13(17-16-11)9-4-2-1-3-5-9/h1-5,10H,6-8H2,(H,20,21)(H,15,16,17). The van der Waals surface area contributed by atoms with E-state index in [2.05, 4.69) is 15.2 Å². The highest BCUT2D eigenvalue weighted by molar-refractivity contribution is 5.86. The van der Waals surface area contributed by atoms with Gasteiger partial charge >= 0.3 is 5.97 Å². The summed E-state index contributed by atoms with van der Waals surface area (Å²) in [5.74, 6) is -0.622. The lowest BCUT2D eigenvalue weighted by molar-refractivity contribution is -0.141. The van der Waals surface area contributed by atoms with Gasteiger partial charge in [0, 0.05) is 18.5 Å². The third-order valence-electron chi connectivity index (χ3n) is 3.47. The monoisotopic (exact) mass is 286 g/mol. The molecule has 1 fully saturated rings. The van der Waals surface area contributed by atoms with E-state index < -0.39 is 11.9 Å². The second kappa shape index (κ2) is 5.35. The number of nitrogens with one attached hydrogen (secondary N) is 1. The SMILES string of the molecule is O=C(O)C1CC(=O)N(Cc2nc(-c3ccccc3)n[nH]2)C1. The van der Waals surface area contributed by atoms with Crippen LogP contribution >= 0.6 is 0 Å². The lowest BCUT2D eigenvalue weighted by Gasteiger charge is -2.13. The third kappa shape index (κ3) is 2.76. The van der Waals surface area contributed by atoms with Crippen LogP contribution in [0.15, 0.2) is 30.3 Å².